The summed E-state index contributed by atoms with van der Waals surface area (Å²) < 4.78 is 13.2. The topological polar surface area (TPSA) is 103 Å². The molecule has 0 spiro atoms. The van der Waals surface area contributed by atoms with Crippen LogP contribution in [-0.2, 0) is 13.1 Å². The zero-order valence-electron chi connectivity index (χ0n) is 19.3. The molecule has 178 valence electrons. The monoisotopic (exact) mass is 472 g/mol. The number of nitrogens with one attached hydrogen (secondary N) is 2. The Kier molecular flexibility index (Phi) is 5.37. The van der Waals surface area contributed by atoms with E-state index in [1.807, 2.05) is 23.2 Å². The highest BCUT2D eigenvalue weighted by Gasteiger charge is 2.35. The highest BCUT2D eigenvalue weighted by atomic mass is 19.1. The first-order valence-electron chi connectivity index (χ1n) is 11.8. The summed E-state index contributed by atoms with van der Waals surface area (Å²) in [5, 5.41) is 13.9. The van der Waals surface area contributed by atoms with Crippen molar-refractivity contribution in [3.63, 3.8) is 0 Å². The van der Waals surface area contributed by atoms with Gasteiger partial charge in [-0.3, -0.25) is 9.69 Å². The number of likely N-dealkylation sites (tertiary alicyclic amines) is 1. The van der Waals surface area contributed by atoms with Crippen LogP contribution < -0.4 is 5.32 Å². The zero-order chi connectivity index (χ0) is 23.9. The van der Waals surface area contributed by atoms with Crippen LogP contribution in [0.2, 0.25) is 0 Å². The number of aromatic nitrogens is 5. The fourth-order valence-electron chi connectivity index (χ4n) is 5.08. The Balaban J connectivity index is 1.10. The summed E-state index contributed by atoms with van der Waals surface area (Å²) in [5.74, 6) is 0.266. The van der Waals surface area contributed by atoms with E-state index in [4.69, 9.17) is 4.98 Å². The van der Waals surface area contributed by atoms with Gasteiger partial charge in [0, 0.05) is 54.7 Å². The number of carbonyl (C=O) groups excluding carboxylic acids is 1. The summed E-state index contributed by atoms with van der Waals surface area (Å²) in [6, 6.07) is 12.1. The normalized spacial score (nSPS) is 20.2. The van der Waals surface area contributed by atoms with Gasteiger partial charge < -0.3 is 10.2 Å². The number of carbonyl (C=O) groups is 1. The molecule has 2 aromatic heterocycles. The van der Waals surface area contributed by atoms with Crippen LogP contribution in [0.4, 0.5) is 16.0 Å². The molecule has 0 radical (unpaired) electrons. The fourth-order valence-corrected chi connectivity index (χ4v) is 5.08. The number of rotatable bonds is 4. The van der Waals surface area contributed by atoms with Gasteiger partial charge in [-0.15, -0.1) is 0 Å². The van der Waals surface area contributed by atoms with Gasteiger partial charge in [0.25, 0.3) is 5.91 Å². The number of hydrogen-bond acceptors (Lipinski definition) is 7. The smallest absolute Gasteiger partial charge is 0.254 e. The molecule has 4 heterocycles. The quantitative estimate of drug-likeness (QED) is 0.467. The molecular formula is C25H25FN8O. The number of halogens is 1. The van der Waals surface area contributed by atoms with Crippen molar-refractivity contribution in [1.82, 2.24) is 35.2 Å². The lowest BCUT2D eigenvalue weighted by Crippen LogP contribution is -2.50. The van der Waals surface area contributed by atoms with E-state index in [0.717, 1.165) is 48.4 Å². The minimum absolute atomic E-state index is 0.0351. The molecule has 1 amide bonds. The third-order valence-corrected chi connectivity index (χ3v) is 6.97. The SMILES string of the molecule is C[C@@H]1C[C@H](N2Cc3cnc(Nc4ccc(F)cc4)nc3C2)CCN1C(=O)c1ccc2n[nH]nc2c1. The largest absolute Gasteiger partial charge is 0.336 e. The maximum Gasteiger partial charge on any atom is 0.254 e. The molecule has 2 aliphatic rings. The highest BCUT2D eigenvalue weighted by molar-refractivity contribution is 5.97. The van der Waals surface area contributed by atoms with Gasteiger partial charge in [-0.05, 0) is 62.2 Å². The predicted molar refractivity (Wildman–Crippen MR) is 128 cm³/mol. The highest BCUT2D eigenvalue weighted by Crippen LogP contribution is 2.31. The van der Waals surface area contributed by atoms with E-state index in [2.05, 4.69) is 37.5 Å². The molecule has 0 bridgehead atoms. The number of piperidine rings is 1. The Hall–Kier alpha value is -3.92. The Morgan fingerprint density at radius 2 is 1.94 bits per heavy atom. The predicted octanol–water partition coefficient (Wildman–Crippen LogP) is 3.64. The van der Waals surface area contributed by atoms with Crippen molar-refractivity contribution in [1.29, 1.82) is 0 Å². The molecule has 9 nitrogen and oxygen atoms in total. The van der Waals surface area contributed by atoms with Crippen LogP contribution in [0.15, 0.2) is 48.7 Å². The second-order valence-corrected chi connectivity index (χ2v) is 9.26. The van der Waals surface area contributed by atoms with E-state index in [0.29, 0.717) is 29.6 Å². The Morgan fingerprint density at radius 1 is 1.11 bits per heavy atom. The summed E-state index contributed by atoms with van der Waals surface area (Å²) >= 11 is 0. The molecule has 10 heteroatoms. The first kappa shape index (κ1) is 21.6. The van der Waals surface area contributed by atoms with Crippen LogP contribution >= 0.6 is 0 Å². The number of amides is 1. The summed E-state index contributed by atoms with van der Waals surface area (Å²) in [6.07, 6.45) is 3.68. The van der Waals surface area contributed by atoms with Crippen LogP contribution in [0, 0.1) is 5.82 Å². The average Bonchev–Trinajstić information content (AvgIpc) is 3.51. The lowest BCUT2D eigenvalue weighted by molar-refractivity contribution is 0.0460. The van der Waals surface area contributed by atoms with Gasteiger partial charge >= 0.3 is 0 Å². The Labute approximate surface area is 201 Å². The maximum atomic E-state index is 13.2. The van der Waals surface area contributed by atoms with Gasteiger partial charge in [0.05, 0.1) is 5.69 Å². The van der Waals surface area contributed by atoms with Gasteiger partial charge in [-0.25, -0.2) is 14.4 Å². The van der Waals surface area contributed by atoms with Gasteiger partial charge in [-0.1, -0.05) is 0 Å². The number of H-pyrrole nitrogens is 1. The van der Waals surface area contributed by atoms with E-state index < -0.39 is 0 Å². The standard InChI is InChI=1S/C25H25FN8O/c1-15-10-20(8-9-34(15)24(35)16-2-7-21-22(11-16)31-32-30-21)33-13-17-12-27-25(29-23(17)14-33)28-19-5-3-18(26)4-6-19/h2-7,11-12,15,20H,8-10,13-14H2,1H3,(H,27,28,29)(H,30,31,32)/t15-,20-/m1/s1. The first-order chi connectivity index (χ1) is 17.0. The van der Waals surface area contributed by atoms with E-state index in [-0.39, 0.29) is 17.8 Å². The number of benzene rings is 2. The molecule has 4 aromatic rings. The van der Waals surface area contributed by atoms with E-state index in [1.54, 1.807) is 18.2 Å². The summed E-state index contributed by atoms with van der Waals surface area (Å²) in [5.41, 5.74) is 4.97. The number of hydrogen-bond donors (Lipinski definition) is 2. The third kappa shape index (κ3) is 4.21. The maximum absolute atomic E-state index is 13.2. The van der Waals surface area contributed by atoms with Crippen molar-refractivity contribution in [3.8, 4) is 0 Å². The summed E-state index contributed by atoms with van der Waals surface area (Å²) in [4.78, 5) is 26.7. The minimum Gasteiger partial charge on any atom is -0.336 e. The van der Waals surface area contributed by atoms with E-state index >= 15 is 0 Å². The van der Waals surface area contributed by atoms with Crippen molar-refractivity contribution < 1.29 is 9.18 Å². The Bertz CT molecular complexity index is 1390. The molecule has 2 N–H and O–H groups in total. The van der Waals surface area contributed by atoms with Gasteiger partial charge in [-0.2, -0.15) is 15.4 Å². The molecule has 1 fully saturated rings. The van der Waals surface area contributed by atoms with Crippen molar-refractivity contribution in [2.45, 2.75) is 44.9 Å². The third-order valence-electron chi connectivity index (χ3n) is 6.97. The van der Waals surface area contributed by atoms with Gasteiger partial charge in [0.15, 0.2) is 0 Å². The number of nitrogens with zero attached hydrogens (tertiary/aromatic N) is 6. The molecular weight excluding hydrogens is 447 g/mol. The second kappa shape index (κ2) is 8.70. The van der Waals surface area contributed by atoms with Gasteiger partial charge in [0.1, 0.15) is 16.9 Å². The van der Waals surface area contributed by atoms with Crippen LogP contribution in [0.3, 0.4) is 0 Å². The second-order valence-electron chi connectivity index (χ2n) is 9.26. The summed E-state index contributed by atoms with van der Waals surface area (Å²) in [6.45, 7) is 4.38. The van der Waals surface area contributed by atoms with E-state index in [9.17, 15) is 9.18 Å². The van der Waals surface area contributed by atoms with Crippen molar-refractivity contribution in [3.05, 3.63) is 71.3 Å². The summed E-state index contributed by atoms with van der Waals surface area (Å²) in [7, 11) is 0. The molecule has 0 unspecified atom stereocenters. The number of aromatic amines is 1. The zero-order valence-corrected chi connectivity index (χ0v) is 19.3. The first-order valence-corrected chi connectivity index (χ1v) is 11.8. The molecule has 35 heavy (non-hydrogen) atoms. The molecule has 2 aliphatic heterocycles. The molecule has 0 aliphatic carbocycles. The minimum atomic E-state index is -0.279. The van der Waals surface area contributed by atoms with Crippen molar-refractivity contribution >= 4 is 28.6 Å². The molecule has 0 saturated carbocycles. The lowest BCUT2D eigenvalue weighted by atomic mass is 9.96. The number of anilines is 2. The van der Waals surface area contributed by atoms with E-state index in [1.165, 1.54) is 12.1 Å². The van der Waals surface area contributed by atoms with Crippen molar-refractivity contribution in [2.75, 3.05) is 11.9 Å². The fraction of sp³-hybridized carbons (Fsp3) is 0.320. The average molecular weight is 473 g/mol. The molecule has 6 rings (SSSR count). The molecule has 1 saturated heterocycles. The van der Waals surface area contributed by atoms with Crippen LogP contribution in [-0.4, -0.2) is 59.7 Å². The molecule has 2 atom stereocenters. The van der Waals surface area contributed by atoms with Crippen LogP contribution in [0.5, 0.6) is 0 Å². The van der Waals surface area contributed by atoms with Crippen molar-refractivity contribution in [2.24, 2.45) is 0 Å². The lowest BCUT2D eigenvalue weighted by Gasteiger charge is -2.41. The van der Waals surface area contributed by atoms with Crippen LogP contribution in [0.1, 0.15) is 41.4 Å². The Morgan fingerprint density at radius 3 is 2.77 bits per heavy atom. The van der Waals surface area contributed by atoms with Crippen LogP contribution in [0.25, 0.3) is 11.0 Å². The van der Waals surface area contributed by atoms with Gasteiger partial charge in [0.2, 0.25) is 5.95 Å². The molecule has 2 aromatic carbocycles. The number of fused-ring (bicyclic) bond motifs is 2.